The maximum atomic E-state index is 3.98. The topological polar surface area (TPSA) is 12.4 Å². The maximum Gasteiger partial charge on any atom is 0.0357 e. The third-order valence-electron chi connectivity index (χ3n) is 0.453. The minimum atomic E-state index is 0.892. The molecule has 0 unspecified atom stereocenters. The van der Waals surface area contributed by atoms with Crippen LogP contribution in [0, 0.1) is 0 Å². The van der Waals surface area contributed by atoms with Gasteiger partial charge in [0.1, 0.15) is 0 Å². The van der Waals surface area contributed by atoms with E-state index in [1.165, 1.54) is 0 Å². The molecule has 2 heteroatoms. The molecule has 0 aliphatic rings. The highest BCUT2D eigenvalue weighted by Crippen LogP contribution is 1.94. The summed E-state index contributed by atoms with van der Waals surface area (Å²) in [5.41, 5.74) is 0. The summed E-state index contributed by atoms with van der Waals surface area (Å²) in [6.45, 7) is 5.32. The summed E-state index contributed by atoms with van der Waals surface area (Å²) >= 11 is 3.98. The Bertz CT molecular complexity index is 120. The summed E-state index contributed by atoms with van der Waals surface area (Å²) in [4.78, 5) is 4.70. The average molecular weight is 127 g/mol. The van der Waals surface area contributed by atoms with Crippen LogP contribution in [-0.2, 0) is 0 Å². The summed E-state index contributed by atoms with van der Waals surface area (Å²) in [7, 11) is 0. The minimum absolute atomic E-state index is 0.892. The molecule has 0 heterocycles. The van der Waals surface area contributed by atoms with Gasteiger partial charge in [0.05, 0.1) is 0 Å². The third-order valence-corrected chi connectivity index (χ3v) is 0.568. The lowest BCUT2D eigenvalue weighted by Crippen LogP contribution is -1.58. The summed E-state index contributed by atoms with van der Waals surface area (Å²) in [5, 5.41) is 0. The van der Waals surface area contributed by atoms with Crippen molar-refractivity contribution in [3.63, 3.8) is 0 Å². The van der Waals surface area contributed by atoms with Crippen LogP contribution in [0.1, 0.15) is 6.92 Å². The van der Waals surface area contributed by atoms with E-state index in [0.717, 1.165) is 4.91 Å². The number of hydrogen-bond donors (Lipinski definition) is 1. The van der Waals surface area contributed by atoms with Gasteiger partial charge in [0, 0.05) is 12.4 Å². The van der Waals surface area contributed by atoms with Crippen molar-refractivity contribution in [2.45, 2.75) is 6.92 Å². The van der Waals surface area contributed by atoms with Crippen molar-refractivity contribution < 1.29 is 0 Å². The van der Waals surface area contributed by atoms with Gasteiger partial charge in [-0.2, -0.15) is 0 Å². The molecule has 0 fully saturated rings. The summed E-state index contributed by atoms with van der Waals surface area (Å²) < 4.78 is 0. The van der Waals surface area contributed by atoms with E-state index in [4.69, 9.17) is 0 Å². The predicted molar refractivity (Wildman–Crippen MR) is 41.4 cm³/mol. The highest BCUT2D eigenvalue weighted by atomic mass is 32.1. The Kier molecular flexibility index (Phi) is 4.36. The van der Waals surface area contributed by atoms with Crippen LogP contribution in [0.25, 0.3) is 0 Å². The van der Waals surface area contributed by atoms with Crippen molar-refractivity contribution in [1.82, 2.24) is 0 Å². The van der Waals surface area contributed by atoms with Gasteiger partial charge in [-0.15, -0.1) is 12.6 Å². The molecular weight excluding hydrogens is 118 g/mol. The van der Waals surface area contributed by atoms with E-state index in [9.17, 15) is 0 Å². The van der Waals surface area contributed by atoms with E-state index >= 15 is 0 Å². The van der Waals surface area contributed by atoms with Gasteiger partial charge in [0.25, 0.3) is 0 Å². The zero-order valence-electron chi connectivity index (χ0n) is 4.83. The summed E-state index contributed by atoms with van der Waals surface area (Å²) in [6, 6.07) is 0. The third kappa shape index (κ3) is 5.50. The highest BCUT2D eigenvalue weighted by Gasteiger charge is 1.68. The van der Waals surface area contributed by atoms with Crippen molar-refractivity contribution in [3.05, 3.63) is 23.8 Å². The van der Waals surface area contributed by atoms with Gasteiger partial charge in [-0.25, -0.2) is 0 Å². The predicted octanol–water partition coefficient (Wildman–Crippen LogP) is 2.03. The van der Waals surface area contributed by atoms with Crippen LogP contribution in [0.15, 0.2) is 28.8 Å². The fourth-order valence-electron chi connectivity index (χ4n) is 0.212. The number of aliphatic imine (C=N–C) groups is 1. The molecule has 8 heavy (non-hydrogen) atoms. The first-order chi connectivity index (χ1) is 3.77. The molecule has 0 aromatic heterocycles. The Balaban J connectivity index is 3.57. The van der Waals surface area contributed by atoms with Gasteiger partial charge >= 0.3 is 0 Å². The molecule has 0 saturated carbocycles. The van der Waals surface area contributed by atoms with Crippen molar-refractivity contribution in [1.29, 1.82) is 0 Å². The Morgan fingerprint density at radius 2 is 2.38 bits per heavy atom. The monoisotopic (exact) mass is 127 g/mol. The highest BCUT2D eigenvalue weighted by molar-refractivity contribution is 7.84. The molecule has 0 saturated heterocycles. The van der Waals surface area contributed by atoms with Crippen molar-refractivity contribution in [3.8, 4) is 0 Å². The maximum absolute atomic E-state index is 3.98. The van der Waals surface area contributed by atoms with Gasteiger partial charge in [-0.1, -0.05) is 12.7 Å². The van der Waals surface area contributed by atoms with Gasteiger partial charge < -0.3 is 0 Å². The normalized spacial score (nSPS) is 12.5. The number of thiol groups is 1. The van der Waals surface area contributed by atoms with Crippen LogP contribution in [0.5, 0.6) is 0 Å². The zero-order valence-corrected chi connectivity index (χ0v) is 5.73. The van der Waals surface area contributed by atoms with Gasteiger partial charge in [0.2, 0.25) is 0 Å². The van der Waals surface area contributed by atoms with Gasteiger partial charge in [-0.3, -0.25) is 4.99 Å². The lowest BCUT2D eigenvalue weighted by molar-refractivity contribution is 1.52. The first-order valence-corrected chi connectivity index (χ1v) is 2.72. The molecule has 0 bridgehead atoms. The smallest absolute Gasteiger partial charge is 0.0357 e. The fourth-order valence-corrected chi connectivity index (χ4v) is 0.278. The number of rotatable bonds is 2. The van der Waals surface area contributed by atoms with Gasteiger partial charge in [-0.05, 0) is 11.8 Å². The number of allylic oxidation sites excluding steroid dienone is 2. The first-order valence-electron chi connectivity index (χ1n) is 2.27. The molecule has 0 spiro atoms. The molecule has 0 radical (unpaired) electrons. The van der Waals surface area contributed by atoms with E-state index in [-0.39, 0.29) is 0 Å². The quantitative estimate of drug-likeness (QED) is 0.430. The molecule has 0 atom stereocenters. The van der Waals surface area contributed by atoms with Crippen molar-refractivity contribution in [2.24, 2.45) is 4.99 Å². The van der Waals surface area contributed by atoms with Crippen LogP contribution >= 0.6 is 12.6 Å². The Morgan fingerprint density at radius 3 is 2.75 bits per heavy atom. The minimum Gasteiger partial charge on any atom is -0.264 e. The van der Waals surface area contributed by atoms with Gasteiger partial charge in [0.15, 0.2) is 0 Å². The standard InChI is InChI=1S/C6H9NS/c1-3-4-7-5-6(2)8/h3-5,8H,1H2,2H3/b6-5+,7-4?. The van der Waals surface area contributed by atoms with Crippen molar-refractivity contribution >= 4 is 18.8 Å². The zero-order chi connectivity index (χ0) is 6.41. The summed E-state index contributed by atoms with van der Waals surface area (Å²) in [5.74, 6) is 0. The largest absolute Gasteiger partial charge is 0.264 e. The number of nitrogens with zero attached hydrogens (tertiary/aromatic N) is 1. The van der Waals surface area contributed by atoms with E-state index in [2.05, 4.69) is 24.2 Å². The summed E-state index contributed by atoms with van der Waals surface area (Å²) in [6.07, 6.45) is 4.89. The Labute approximate surface area is 55.2 Å². The molecule has 0 aliphatic heterocycles. The lowest BCUT2D eigenvalue weighted by atomic mass is 10.6. The SMILES string of the molecule is C=CC=N/C=C(\C)S. The fraction of sp³-hybridized carbons (Fsp3) is 0.167. The van der Waals surface area contributed by atoms with Crippen molar-refractivity contribution in [2.75, 3.05) is 0 Å². The first kappa shape index (κ1) is 7.50. The molecule has 1 nitrogen and oxygen atoms in total. The molecule has 0 N–H and O–H groups in total. The van der Waals surface area contributed by atoms with Crippen LogP contribution < -0.4 is 0 Å². The van der Waals surface area contributed by atoms with Crippen LogP contribution in [0.3, 0.4) is 0 Å². The molecule has 0 aromatic rings. The second kappa shape index (κ2) is 4.65. The Hall–Kier alpha value is -0.500. The lowest BCUT2D eigenvalue weighted by Gasteiger charge is -1.77. The van der Waals surface area contributed by atoms with Crippen LogP contribution in [0.4, 0.5) is 0 Å². The molecule has 0 amide bonds. The number of hydrogen-bond acceptors (Lipinski definition) is 2. The molecule has 0 rings (SSSR count). The molecule has 0 aliphatic carbocycles. The second-order valence-electron chi connectivity index (χ2n) is 1.30. The average Bonchev–Trinajstić information content (AvgIpc) is 1.66. The molecular formula is C6H9NS. The van der Waals surface area contributed by atoms with E-state index in [0.29, 0.717) is 0 Å². The van der Waals surface area contributed by atoms with E-state index in [1.54, 1.807) is 18.5 Å². The van der Waals surface area contributed by atoms with Crippen LogP contribution in [-0.4, -0.2) is 6.21 Å². The second-order valence-corrected chi connectivity index (χ2v) is 2.01. The molecule has 44 valence electrons. The van der Waals surface area contributed by atoms with Crippen LogP contribution in [0.2, 0.25) is 0 Å². The Morgan fingerprint density at radius 1 is 1.75 bits per heavy atom. The van der Waals surface area contributed by atoms with E-state index < -0.39 is 0 Å². The van der Waals surface area contributed by atoms with E-state index in [1.807, 2.05) is 6.92 Å². The molecule has 0 aromatic carbocycles.